The van der Waals surface area contributed by atoms with Crippen molar-refractivity contribution in [2.45, 2.75) is 13.0 Å². The van der Waals surface area contributed by atoms with Crippen molar-refractivity contribution in [1.82, 2.24) is 14.3 Å². The number of carbonyl (C=O) groups is 2. The fraction of sp³-hybridized carbons (Fsp3) is 0.226. The van der Waals surface area contributed by atoms with Gasteiger partial charge in [-0.2, -0.15) is 0 Å². The molecule has 1 amide bonds. The van der Waals surface area contributed by atoms with Crippen LogP contribution in [0.1, 0.15) is 26.4 Å². The molecule has 4 aromatic rings. The zero-order valence-corrected chi connectivity index (χ0v) is 22.5. The van der Waals surface area contributed by atoms with Crippen LogP contribution in [0.3, 0.4) is 0 Å². The van der Waals surface area contributed by atoms with E-state index < -0.39 is 0 Å². The smallest absolute Gasteiger partial charge is 0.337 e. The Balaban J connectivity index is 1.45. The number of benzene rings is 3. The second-order valence-electron chi connectivity index (χ2n) is 9.83. The average Bonchev–Trinajstić information content (AvgIpc) is 3.33. The van der Waals surface area contributed by atoms with Gasteiger partial charge in [-0.25, -0.2) is 4.79 Å². The van der Waals surface area contributed by atoms with Gasteiger partial charge >= 0.3 is 5.97 Å². The Labute approximate surface area is 230 Å². The van der Waals surface area contributed by atoms with Crippen LogP contribution in [0.15, 0.2) is 91.0 Å². The Hall–Kier alpha value is -4.30. The minimum atomic E-state index is -0.390. The highest BCUT2D eigenvalue weighted by atomic mass is 16.5. The van der Waals surface area contributed by atoms with Crippen LogP contribution in [0.5, 0.6) is 5.75 Å². The number of rotatable bonds is 7. The molecular weight excluding hydrogens is 489 g/mol. The molecular formula is C31H32BN3O4. The van der Waals surface area contributed by atoms with Crippen molar-refractivity contribution in [2.24, 2.45) is 0 Å². The van der Waals surface area contributed by atoms with Crippen molar-refractivity contribution < 1.29 is 19.1 Å². The summed E-state index contributed by atoms with van der Waals surface area (Å²) in [5.41, 5.74) is 5.04. The summed E-state index contributed by atoms with van der Waals surface area (Å²) in [5, 5.41) is 0. The topological polar surface area (TPSA) is 64.0 Å². The SMILES string of the molecule is BN1CCN(C(=O)c2cc(C)n(-c3ccccc3)c2-c2ccccc2)C(COc2ccc(C(=O)OC)cc2)C1. The summed E-state index contributed by atoms with van der Waals surface area (Å²) in [6, 6.07) is 28.9. The van der Waals surface area contributed by atoms with Gasteiger partial charge in [-0.15, -0.1) is 0 Å². The predicted molar refractivity (Wildman–Crippen MR) is 154 cm³/mol. The quantitative estimate of drug-likeness (QED) is 0.272. The number of hydrogen-bond donors (Lipinski definition) is 0. The fourth-order valence-corrected chi connectivity index (χ4v) is 5.16. The number of esters is 1. The fourth-order valence-electron chi connectivity index (χ4n) is 5.16. The molecule has 1 aromatic heterocycles. The van der Waals surface area contributed by atoms with E-state index in [9.17, 15) is 9.59 Å². The van der Waals surface area contributed by atoms with Gasteiger partial charge in [0.2, 0.25) is 0 Å². The first-order chi connectivity index (χ1) is 19.0. The molecule has 0 saturated carbocycles. The van der Waals surface area contributed by atoms with Gasteiger partial charge in [0.15, 0.2) is 7.98 Å². The average molecular weight is 521 g/mol. The van der Waals surface area contributed by atoms with Crippen LogP contribution >= 0.6 is 0 Å². The van der Waals surface area contributed by atoms with E-state index in [1.54, 1.807) is 24.3 Å². The molecule has 0 bridgehead atoms. The molecule has 8 heteroatoms. The predicted octanol–water partition coefficient (Wildman–Crippen LogP) is 3.99. The molecule has 0 aliphatic carbocycles. The van der Waals surface area contributed by atoms with Crippen LogP contribution in [0.25, 0.3) is 16.9 Å². The lowest BCUT2D eigenvalue weighted by Gasteiger charge is -2.40. The molecule has 198 valence electrons. The Morgan fingerprint density at radius 2 is 1.59 bits per heavy atom. The van der Waals surface area contributed by atoms with Gasteiger partial charge in [0.1, 0.15) is 12.4 Å². The molecule has 1 unspecified atom stereocenters. The van der Waals surface area contributed by atoms with Gasteiger partial charge in [0.25, 0.3) is 5.91 Å². The molecule has 1 saturated heterocycles. The highest BCUT2D eigenvalue weighted by Gasteiger charge is 2.33. The minimum Gasteiger partial charge on any atom is -0.491 e. The third-order valence-corrected chi connectivity index (χ3v) is 7.14. The molecule has 1 aliphatic rings. The summed E-state index contributed by atoms with van der Waals surface area (Å²) in [4.78, 5) is 30.2. The second-order valence-corrected chi connectivity index (χ2v) is 9.83. The van der Waals surface area contributed by atoms with Crippen molar-refractivity contribution >= 4 is 19.9 Å². The number of piperazine rings is 1. The van der Waals surface area contributed by atoms with Crippen LogP contribution in [0, 0.1) is 6.92 Å². The molecule has 0 radical (unpaired) electrons. The Bertz CT molecular complexity index is 1440. The maximum absolute atomic E-state index is 14.3. The molecule has 1 aliphatic heterocycles. The van der Waals surface area contributed by atoms with Gasteiger partial charge < -0.3 is 23.8 Å². The second kappa shape index (κ2) is 11.6. The van der Waals surface area contributed by atoms with Crippen molar-refractivity contribution in [3.8, 4) is 22.7 Å². The maximum Gasteiger partial charge on any atom is 0.337 e. The monoisotopic (exact) mass is 521 g/mol. The van der Waals surface area contributed by atoms with Crippen molar-refractivity contribution in [2.75, 3.05) is 33.4 Å². The molecule has 0 spiro atoms. The molecule has 0 N–H and O–H groups in total. The largest absolute Gasteiger partial charge is 0.491 e. The van der Waals surface area contributed by atoms with Crippen LogP contribution in [0.4, 0.5) is 0 Å². The molecule has 7 nitrogen and oxygen atoms in total. The molecule has 39 heavy (non-hydrogen) atoms. The lowest BCUT2D eigenvalue weighted by molar-refractivity contribution is 0.0470. The van der Waals surface area contributed by atoms with Crippen molar-refractivity contribution in [3.63, 3.8) is 0 Å². The summed E-state index contributed by atoms with van der Waals surface area (Å²) >= 11 is 0. The van der Waals surface area contributed by atoms with Crippen LogP contribution in [0.2, 0.25) is 0 Å². The Kier molecular flexibility index (Phi) is 7.84. The van der Waals surface area contributed by atoms with Gasteiger partial charge in [0, 0.05) is 31.0 Å². The lowest BCUT2D eigenvalue weighted by Crippen LogP contribution is -2.56. The van der Waals surface area contributed by atoms with Gasteiger partial charge in [-0.1, -0.05) is 48.5 Å². The van der Waals surface area contributed by atoms with E-state index in [4.69, 9.17) is 9.47 Å². The van der Waals surface area contributed by atoms with E-state index in [-0.39, 0.29) is 17.9 Å². The van der Waals surface area contributed by atoms with Gasteiger partial charge in [-0.05, 0) is 55.0 Å². The first-order valence-corrected chi connectivity index (χ1v) is 13.1. The van der Waals surface area contributed by atoms with Crippen LogP contribution in [-0.4, -0.2) is 73.5 Å². The normalized spacial score (nSPS) is 15.6. The van der Waals surface area contributed by atoms with E-state index in [1.807, 2.05) is 66.4 Å². The summed E-state index contributed by atoms with van der Waals surface area (Å²) < 4.78 is 13.0. The Morgan fingerprint density at radius 1 is 0.923 bits per heavy atom. The number of para-hydroxylation sites is 1. The van der Waals surface area contributed by atoms with Crippen LogP contribution < -0.4 is 4.74 Å². The summed E-state index contributed by atoms with van der Waals surface area (Å²) in [5.74, 6) is 0.243. The summed E-state index contributed by atoms with van der Waals surface area (Å²) in [7, 11) is 3.42. The van der Waals surface area contributed by atoms with E-state index in [1.165, 1.54) is 7.11 Å². The molecule has 5 rings (SSSR count). The maximum atomic E-state index is 14.3. The number of carbonyl (C=O) groups excluding carboxylic acids is 2. The number of aryl methyl sites for hydroxylation is 1. The standard InChI is InChI=1S/C31H32BN3O4/c1-22-19-28(29(23-9-5-3-6-10-23)35(22)25-11-7-4-8-12-25)30(36)34-18-17-33(32)20-26(34)21-39-27-15-13-24(14-16-27)31(37)38-2/h3-16,19,26H,17-18,20-21,32H2,1-2H3. The molecule has 3 aromatic carbocycles. The van der Waals surface area contributed by atoms with Crippen molar-refractivity contribution in [3.05, 3.63) is 108 Å². The molecule has 2 heterocycles. The molecule has 1 atom stereocenters. The summed E-state index contributed by atoms with van der Waals surface area (Å²) in [6.07, 6.45) is 0. The highest BCUT2D eigenvalue weighted by Crippen LogP contribution is 2.32. The zero-order valence-electron chi connectivity index (χ0n) is 22.5. The van der Waals surface area contributed by atoms with E-state index in [2.05, 4.69) is 29.5 Å². The van der Waals surface area contributed by atoms with Crippen molar-refractivity contribution in [1.29, 1.82) is 0 Å². The van der Waals surface area contributed by atoms with E-state index in [0.29, 0.717) is 36.6 Å². The number of hydrogen-bond acceptors (Lipinski definition) is 5. The zero-order chi connectivity index (χ0) is 27.4. The van der Waals surface area contributed by atoms with Gasteiger partial charge in [-0.3, -0.25) is 4.79 Å². The van der Waals surface area contributed by atoms with Crippen LogP contribution in [-0.2, 0) is 4.74 Å². The third kappa shape index (κ3) is 5.61. The number of amides is 1. The number of aromatic nitrogens is 1. The molecule has 1 fully saturated rings. The van der Waals surface area contributed by atoms with Gasteiger partial charge in [0.05, 0.1) is 30.0 Å². The first-order valence-electron chi connectivity index (χ1n) is 13.1. The number of methoxy groups -OCH3 is 1. The minimum absolute atomic E-state index is 0.00521. The Morgan fingerprint density at radius 3 is 2.26 bits per heavy atom. The highest BCUT2D eigenvalue weighted by molar-refractivity contribution is 6.05. The number of ether oxygens (including phenoxy) is 2. The third-order valence-electron chi connectivity index (χ3n) is 7.14. The van der Waals surface area contributed by atoms with E-state index >= 15 is 0 Å². The first kappa shape index (κ1) is 26.3. The number of nitrogens with zero attached hydrogens (tertiary/aromatic N) is 3. The summed E-state index contributed by atoms with van der Waals surface area (Å²) in [6.45, 7) is 4.47. The lowest BCUT2D eigenvalue weighted by atomic mass is 10.0. The van der Waals surface area contributed by atoms with E-state index in [0.717, 1.165) is 29.2 Å².